The molecule has 0 radical (unpaired) electrons. The highest BCUT2D eigenvalue weighted by molar-refractivity contribution is 6.08. The van der Waals surface area contributed by atoms with E-state index in [-0.39, 0.29) is 5.78 Å². The predicted octanol–water partition coefficient (Wildman–Crippen LogP) is 2.70. The van der Waals surface area contributed by atoms with Crippen LogP contribution in [0.15, 0.2) is 42.7 Å². The summed E-state index contributed by atoms with van der Waals surface area (Å²) in [7, 11) is 0. The Morgan fingerprint density at radius 1 is 1.44 bits per heavy atom. The highest BCUT2D eigenvalue weighted by Crippen LogP contribution is 2.19. The summed E-state index contributed by atoms with van der Waals surface area (Å²) in [6.45, 7) is 2.42. The van der Waals surface area contributed by atoms with E-state index in [0.717, 1.165) is 0 Å². The normalized spacial score (nSPS) is 10.7. The SMILES string of the molecule is CCOc1ccccc1C(=O)/C=C/c1ncc[nH]1. The van der Waals surface area contributed by atoms with Gasteiger partial charge in [-0.3, -0.25) is 4.79 Å². The van der Waals surface area contributed by atoms with E-state index in [1.165, 1.54) is 6.08 Å². The van der Waals surface area contributed by atoms with Crippen LogP contribution in [0.1, 0.15) is 23.1 Å². The number of nitrogens with zero attached hydrogens (tertiary/aromatic N) is 1. The highest BCUT2D eigenvalue weighted by Gasteiger charge is 2.08. The fraction of sp³-hybridized carbons (Fsp3) is 0.143. The minimum atomic E-state index is -0.101. The standard InChI is InChI=1S/C14H14N2O2/c1-2-18-13-6-4-3-5-11(13)12(17)7-8-14-15-9-10-16-14/h3-10H,2H2,1H3,(H,15,16)/b8-7+. The van der Waals surface area contributed by atoms with Crippen LogP contribution in [0, 0.1) is 0 Å². The molecule has 0 aliphatic rings. The number of hydrogen-bond acceptors (Lipinski definition) is 3. The predicted molar refractivity (Wildman–Crippen MR) is 69.6 cm³/mol. The molecule has 1 heterocycles. The monoisotopic (exact) mass is 242 g/mol. The Balaban J connectivity index is 2.18. The lowest BCUT2D eigenvalue weighted by molar-refractivity contribution is 0.104. The van der Waals surface area contributed by atoms with Crippen molar-refractivity contribution in [2.75, 3.05) is 6.61 Å². The van der Waals surface area contributed by atoms with Crippen molar-refractivity contribution in [3.8, 4) is 5.75 Å². The maximum atomic E-state index is 12.0. The molecule has 4 heteroatoms. The Kier molecular flexibility index (Phi) is 3.91. The molecule has 0 saturated carbocycles. The van der Waals surface area contributed by atoms with E-state index in [0.29, 0.717) is 23.7 Å². The highest BCUT2D eigenvalue weighted by atomic mass is 16.5. The van der Waals surface area contributed by atoms with Gasteiger partial charge >= 0.3 is 0 Å². The van der Waals surface area contributed by atoms with E-state index >= 15 is 0 Å². The van der Waals surface area contributed by atoms with Gasteiger partial charge in [0.05, 0.1) is 12.2 Å². The van der Waals surface area contributed by atoms with Gasteiger partial charge in [0.2, 0.25) is 0 Å². The first kappa shape index (κ1) is 12.1. The van der Waals surface area contributed by atoms with E-state index < -0.39 is 0 Å². The molecule has 1 aromatic carbocycles. The van der Waals surface area contributed by atoms with Crippen molar-refractivity contribution in [3.63, 3.8) is 0 Å². The second-order valence-corrected chi connectivity index (χ2v) is 3.60. The Hall–Kier alpha value is -2.36. The molecule has 0 aliphatic heterocycles. The number of carbonyl (C=O) groups excluding carboxylic acids is 1. The third-order valence-corrected chi connectivity index (χ3v) is 2.36. The summed E-state index contributed by atoms with van der Waals surface area (Å²) in [6.07, 6.45) is 6.47. The molecule has 92 valence electrons. The average Bonchev–Trinajstić information content (AvgIpc) is 2.90. The van der Waals surface area contributed by atoms with Crippen LogP contribution in [0.2, 0.25) is 0 Å². The Morgan fingerprint density at radius 2 is 2.28 bits per heavy atom. The Morgan fingerprint density at radius 3 is 3.00 bits per heavy atom. The second-order valence-electron chi connectivity index (χ2n) is 3.60. The summed E-state index contributed by atoms with van der Waals surface area (Å²) in [4.78, 5) is 18.9. The zero-order valence-corrected chi connectivity index (χ0v) is 10.1. The van der Waals surface area contributed by atoms with Crippen molar-refractivity contribution in [1.29, 1.82) is 0 Å². The topological polar surface area (TPSA) is 55.0 Å². The number of imidazole rings is 1. The summed E-state index contributed by atoms with van der Waals surface area (Å²) >= 11 is 0. The summed E-state index contributed by atoms with van der Waals surface area (Å²) < 4.78 is 5.42. The van der Waals surface area contributed by atoms with E-state index in [1.54, 1.807) is 30.6 Å². The number of nitrogens with one attached hydrogen (secondary N) is 1. The summed E-state index contributed by atoms with van der Waals surface area (Å²) in [5, 5.41) is 0. The molecular formula is C14H14N2O2. The number of allylic oxidation sites excluding steroid dienone is 1. The number of hydrogen-bond donors (Lipinski definition) is 1. The van der Waals surface area contributed by atoms with Crippen LogP contribution < -0.4 is 4.74 Å². The van der Waals surface area contributed by atoms with Crippen LogP contribution in [-0.2, 0) is 0 Å². The van der Waals surface area contributed by atoms with E-state index in [9.17, 15) is 4.79 Å². The molecule has 0 unspecified atom stereocenters. The number of H-pyrrole nitrogens is 1. The molecule has 0 spiro atoms. The molecule has 0 atom stereocenters. The first-order valence-corrected chi connectivity index (χ1v) is 5.75. The van der Waals surface area contributed by atoms with E-state index in [2.05, 4.69) is 9.97 Å². The molecule has 0 bridgehead atoms. The molecule has 1 N–H and O–H groups in total. The summed E-state index contributed by atoms with van der Waals surface area (Å²) in [5.74, 6) is 1.15. The van der Waals surface area contributed by atoms with Crippen LogP contribution in [-0.4, -0.2) is 22.4 Å². The van der Waals surface area contributed by atoms with E-state index in [4.69, 9.17) is 4.74 Å². The van der Waals surface area contributed by atoms with Gasteiger partial charge in [0, 0.05) is 12.4 Å². The number of ether oxygens (including phenoxy) is 1. The molecule has 2 rings (SSSR count). The maximum absolute atomic E-state index is 12.0. The Bertz CT molecular complexity index is 545. The molecule has 4 nitrogen and oxygen atoms in total. The third kappa shape index (κ3) is 2.85. The van der Waals surface area contributed by atoms with Crippen molar-refractivity contribution in [3.05, 3.63) is 54.1 Å². The van der Waals surface area contributed by atoms with Gasteiger partial charge in [-0.25, -0.2) is 4.98 Å². The van der Waals surface area contributed by atoms with Crippen LogP contribution in [0.3, 0.4) is 0 Å². The first-order valence-electron chi connectivity index (χ1n) is 5.75. The number of rotatable bonds is 5. The fourth-order valence-corrected chi connectivity index (χ4v) is 1.56. The molecule has 0 aliphatic carbocycles. The van der Waals surface area contributed by atoms with Crippen LogP contribution in [0.25, 0.3) is 6.08 Å². The number of benzene rings is 1. The molecule has 18 heavy (non-hydrogen) atoms. The van der Waals surface area contributed by atoms with Crippen LogP contribution >= 0.6 is 0 Å². The second kappa shape index (κ2) is 5.82. The smallest absolute Gasteiger partial charge is 0.189 e. The molecule has 0 amide bonds. The lowest BCUT2D eigenvalue weighted by atomic mass is 10.1. The van der Waals surface area contributed by atoms with Crippen molar-refractivity contribution < 1.29 is 9.53 Å². The number of ketones is 1. The number of para-hydroxylation sites is 1. The molecular weight excluding hydrogens is 228 g/mol. The first-order chi connectivity index (χ1) is 8.81. The summed E-state index contributed by atoms with van der Waals surface area (Å²) in [6, 6.07) is 7.20. The maximum Gasteiger partial charge on any atom is 0.189 e. The lowest BCUT2D eigenvalue weighted by Crippen LogP contribution is -2.01. The van der Waals surface area contributed by atoms with Gasteiger partial charge in [0.1, 0.15) is 11.6 Å². The van der Waals surface area contributed by atoms with Crippen LogP contribution in [0.5, 0.6) is 5.75 Å². The minimum absolute atomic E-state index is 0.101. The van der Waals surface area contributed by atoms with Crippen molar-refractivity contribution >= 4 is 11.9 Å². The molecule has 0 saturated heterocycles. The van der Waals surface area contributed by atoms with Gasteiger partial charge in [-0.1, -0.05) is 12.1 Å². The minimum Gasteiger partial charge on any atom is -0.493 e. The summed E-state index contributed by atoms with van der Waals surface area (Å²) in [5.41, 5.74) is 0.558. The van der Waals surface area contributed by atoms with Crippen molar-refractivity contribution in [1.82, 2.24) is 9.97 Å². The average molecular weight is 242 g/mol. The van der Waals surface area contributed by atoms with Gasteiger partial charge in [-0.15, -0.1) is 0 Å². The molecule has 2 aromatic rings. The number of carbonyl (C=O) groups is 1. The van der Waals surface area contributed by atoms with Gasteiger partial charge in [-0.2, -0.15) is 0 Å². The quantitative estimate of drug-likeness (QED) is 0.648. The fourth-order valence-electron chi connectivity index (χ4n) is 1.56. The van der Waals surface area contributed by atoms with Crippen LogP contribution in [0.4, 0.5) is 0 Å². The number of aromatic amines is 1. The van der Waals surface area contributed by atoms with Gasteiger partial charge in [0.15, 0.2) is 5.78 Å². The van der Waals surface area contributed by atoms with Gasteiger partial charge < -0.3 is 9.72 Å². The third-order valence-electron chi connectivity index (χ3n) is 2.36. The molecule has 1 aromatic heterocycles. The number of aromatic nitrogens is 2. The zero-order valence-electron chi connectivity index (χ0n) is 10.1. The van der Waals surface area contributed by atoms with Crippen molar-refractivity contribution in [2.24, 2.45) is 0 Å². The van der Waals surface area contributed by atoms with E-state index in [1.807, 2.05) is 19.1 Å². The van der Waals surface area contributed by atoms with Gasteiger partial charge in [0.25, 0.3) is 0 Å². The van der Waals surface area contributed by atoms with Gasteiger partial charge in [-0.05, 0) is 31.2 Å². The largest absolute Gasteiger partial charge is 0.493 e. The zero-order chi connectivity index (χ0) is 12.8. The molecule has 0 fully saturated rings. The lowest BCUT2D eigenvalue weighted by Gasteiger charge is -2.06. The Labute approximate surface area is 105 Å². The van der Waals surface area contributed by atoms with Crippen molar-refractivity contribution in [2.45, 2.75) is 6.92 Å².